The summed E-state index contributed by atoms with van der Waals surface area (Å²) in [6.07, 6.45) is -2.02. The molecule has 0 aliphatic heterocycles. The van der Waals surface area contributed by atoms with Crippen LogP contribution >= 0.6 is 0 Å². The number of alkyl halides is 3. The van der Waals surface area contributed by atoms with Gasteiger partial charge in [-0.1, -0.05) is 18.2 Å². The Morgan fingerprint density at radius 2 is 1.80 bits per heavy atom. The fourth-order valence-electron chi connectivity index (χ4n) is 2.75. The van der Waals surface area contributed by atoms with E-state index in [2.05, 4.69) is 21.6 Å². The first-order valence-electron chi connectivity index (χ1n) is 8.60. The van der Waals surface area contributed by atoms with Gasteiger partial charge in [-0.05, 0) is 36.4 Å². The summed E-state index contributed by atoms with van der Waals surface area (Å²) < 4.78 is 66.0. The molecule has 156 valence electrons. The van der Waals surface area contributed by atoms with Crippen molar-refractivity contribution >= 4 is 32.5 Å². The second-order valence-corrected chi connectivity index (χ2v) is 7.94. The number of aromatic nitrogens is 1. The van der Waals surface area contributed by atoms with Crippen LogP contribution in [0.2, 0.25) is 0 Å². The standard InChI is InChI=1S/C20H16F3N3O3S/c1-2-11-25-30(28,29)14-8-6-13(7-9-14)19(27)26-17-10-12-24-18-15(17)4-3-5-16(18)20(21,22)23/h2-10,12,25H,1,11H2,(H,24,26,27). The second-order valence-electron chi connectivity index (χ2n) is 6.18. The number of benzene rings is 2. The molecule has 0 aliphatic carbocycles. The zero-order valence-corrected chi connectivity index (χ0v) is 16.2. The Balaban J connectivity index is 1.88. The highest BCUT2D eigenvalue weighted by atomic mass is 32.2. The Morgan fingerprint density at radius 3 is 2.43 bits per heavy atom. The van der Waals surface area contributed by atoms with Gasteiger partial charge in [-0.15, -0.1) is 6.58 Å². The molecule has 2 aromatic carbocycles. The van der Waals surface area contributed by atoms with Crippen LogP contribution in [0.4, 0.5) is 18.9 Å². The zero-order valence-electron chi connectivity index (χ0n) is 15.4. The smallest absolute Gasteiger partial charge is 0.321 e. The number of anilines is 1. The van der Waals surface area contributed by atoms with Crippen LogP contribution in [0.25, 0.3) is 10.9 Å². The number of hydrogen-bond donors (Lipinski definition) is 2. The van der Waals surface area contributed by atoms with Crippen molar-refractivity contribution in [1.82, 2.24) is 9.71 Å². The zero-order chi connectivity index (χ0) is 21.9. The van der Waals surface area contributed by atoms with Crippen LogP contribution in [0.1, 0.15) is 15.9 Å². The quantitative estimate of drug-likeness (QED) is 0.574. The van der Waals surface area contributed by atoms with E-state index in [4.69, 9.17) is 0 Å². The molecule has 1 heterocycles. The van der Waals surface area contributed by atoms with Gasteiger partial charge in [0.2, 0.25) is 10.0 Å². The third kappa shape index (κ3) is 4.50. The number of nitrogens with zero attached hydrogens (tertiary/aromatic N) is 1. The molecule has 2 N–H and O–H groups in total. The number of para-hydroxylation sites is 1. The van der Waals surface area contributed by atoms with E-state index in [-0.39, 0.29) is 33.6 Å². The molecular formula is C20H16F3N3O3S. The molecule has 1 amide bonds. The molecule has 0 saturated heterocycles. The van der Waals surface area contributed by atoms with Crippen molar-refractivity contribution in [2.45, 2.75) is 11.1 Å². The monoisotopic (exact) mass is 435 g/mol. The predicted molar refractivity (Wildman–Crippen MR) is 107 cm³/mol. The lowest BCUT2D eigenvalue weighted by atomic mass is 10.1. The average Bonchev–Trinajstić information content (AvgIpc) is 2.71. The molecule has 0 bridgehead atoms. The van der Waals surface area contributed by atoms with Crippen molar-refractivity contribution in [2.24, 2.45) is 0 Å². The van der Waals surface area contributed by atoms with Gasteiger partial charge in [0.05, 0.1) is 21.7 Å². The number of rotatable bonds is 6. The van der Waals surface area contributed by atoms with Gasteiger partial charge < -0.3 is 5.32 Å². The highest BCUT2D eigenvalue weighted by Crippen LogP contribution is 2.35. The number of nitrogens with one attached hydrogen (secondary N) is 2. The molecule has 0 radical (unpaired) electrons. The number of hydrogen-bond acceptors (Lipinski definition) is 4. The highest BCUT2D eigenvalue weighted by molar-refractivity contribution is 7.89. The van der Waals surface area contributed by atoms with Crippen LogP contribution < -0.4 is 10.0 Å². The van der Waals surface area contributed by atoms with Crippen LogP contribution in [0.5, 0.6) is 0 Å². The summed E-state index contributed by atoms with van der Waals surface area (Å²) in [5, 5.41) is 2.68. The maximum atomic E-state index is 13.2. The summed E-state index contributed by atoms with van der Waals surface area (Å²) in [6.45, 7) is 3.48. The average molecular weight is 435 g/mol. The minimum atomic E-state index is -4.59. The summed E-state index contributed by atoms with van der Waals surface area (Å²) in [5.41, 5.74) is -0.898. The molecule has 1 aromatic heterocycles. The van der Waals surface area contributed by atoms with Gasteiger partial charge in [-0.3, -0.25) is 9.78 Å². The number of carbonyl (C=O) groups excluding carboxylic acids is 1. The van der Waals surface area contributed by atoms with Crippen LogP contribution in [-0.4, -0.2) is 25.9 Å². The van der Waals surface area contributed by atoms with Gasteiger partial charge in [0.25, 0.3) is 5.91 Å². The van der Waals surface area contributed by atoms with E-state index >= 15 is 0 Å². The van der Waals surface area contributed by atoms with Crippen molar-refractivity contribution in [3.05, 3.63) is 78.5 Å². The lowest BCUT2D eigenvalue weighted by Gasteiger charge is -2.13. The van der Waals surface area contributed by atoms with Crippen LogP contribution in [0, 0.1) is 0 Å². The maximum absolute atomic E-state index is 13.2. The van der Waals surface area contributed by atoms with Crippen molar-refractivity contribution < 1.29 is 26.4 Å². The predicted octanol–water partition coefficient (Wildman–Crippen LogP) is 3.97. The van der Waals surface area contributed by atoms with Gasteiger partial charge in [0.1, 0.15) is 0 Å². The molecule has 3 rings (SSSR count). The second kappa shape index (κ2) is 8.25. The number of carbonyl (C=O) groups is 1. The Hall–Kier alpha value is -3.24. The van der Waals surface area contributed by atoms with E-state index in [1.165, 1.54) is 54.7 Å². The molecule has 0 unspecified atom stereocenters. The molecule has 30 heavy (non-hydrogen) atoms. The van der Waals surface area contributed by atoms with Crippen LogP contribution in [0.3, 0.4) is 0 Å². The van der Waals surface area contributed by atoms with Crippen molar-refractivity contribution in [3.8, 4) is 0 Å². The molecule has 10 heteroatoms. The lowest BCUT2D eigenvalue weighted by Crippen LogP contribution is -2.23. The molecular weight excluding hydrogens is 419 g/mol. The summed E-state index contributed by atoms with van der Waals surface area (Å²) in [6, 6.07) is 10.1. The van der Waals surface area contributed by atoms with Crippen LogP contribution in [0.15, 0.2) is 72.3 Å². The minimum absolute atomic E-state index is 0.0370. The fourth-order valence-corrected chi connectivity index (χ4v) is 3.74. The molecule has 0 fully saturated rings. The van der Waals surface area contributed by atoms with E-state index < -0.39 is 27.7 Å². The Kier molecular flexibility index (Phi) is 5.90. The first-order chi connectivity index (χ1) is 14.1. The summed E-state index contributed by atoms with van der Waals surface area (Å²) >= 11 is 0. The van der Waals surface area contributed by atoms with Crippen molar-refractivity contribution in [1.29, 1.82) is 0 Å². The van der Waals surface area contributed by atoms with Gasteiger partial charge in [0, 0.05) is 23.7 Å². The lowest BCUT2D eigenvalue weighted by molar-refractivity contribution is -0.136. The van der Waals surface area contributed by atoms with Gasteiger partial charge in [-0.25, -0.2) is 13.1 Å². The van der Waals surface area contributed by atoms with Gasteiger partial charge >= 0.3 is 6.18 Å². The molecule has 0 saturated carbocycles. The third-order valence-corrected chi connectivity index (χ3v) is 5.61. The van der Waals surface area contributed by atoms with E-state index in [0.29, 0.717) is 0 Å². The Labute approximate surface area is 170 Å². The number of fused-ring (bicyclic) bond motifs is 1. The number of sulfonamides is 1. The molecule has 0 spiro atoms. The van der Waals surface area contributed by atoms with E-state index in [1.54, 1.807) is 0 Å². The van der Waals surface area contributed by atoms with Gasteiger partial charge in [0.15, 0.2) is 0 Å². The fraction of sp³-hybridized carbons (Fsp3) is 0.100. The van der Waals surface area contributed by atoms with E-state index in [1.807, 2.05) is 0 Å². The Morgan fingerprint density at radius 1 is 1.10 bits per heavy atom. The minimum Gasteiger partial charge on any atom is -0.321 e. The van der Waals surface area contributed by atoms with Crippen LogP contribution in [-0.2, 0) is 16.2 Å². The summed E-state index contributed by atoms with van der Waals surface area (Å²) in [4.78, 5) is 16.3. The largest absolute Gasteiger partial charge is 0.418 e. The third-order valence-electron chi connectivity index (χ3n) is 4.17. The first kappa shape index (κ1) is 21.5. The number of halogens is 3. The molecule has 6 nitrogen and oxygen atoms in total. The SMILES string of the molecule is C=CCNS(=O)(=O)c1ccc(C(=O)Nc2ccnc3c(C(F)(F)F)cccc23)cc1. The maximum Gasteiger partial charge on any atom is 0.418 e. The number of amides is 1. The number of pyridine rings is 1. The van der Waals surface area contributed by atoms with Crippen molar-refractivity contribution in [3.63, 3.8) is 0 Å². The van der Waals surface area contributed by atoms with E-state index in [0.717, 1.165) is 6.07 Å². The van der Waals surface area contributed by atoms with Crippen molar-refractivity contribution in [2.75, 3.05) is 11.9 Å². The molecule has 0 atom stereocenters. The Bertz CT molecular complexity index is 1210. The molecule has 0 aliphatic rings. The summed E-state index contributed by atoms with van der Waals surface area (Å²) in [7, 11) is -3.74. The first-order valence-corrected chi connectivity index (χ1v) is 10.1. The topological polar surface area (TPSA) is 88.2 Å². The highest BCUT2D eigenvalue weighted by Gasteiger charge is 2.33. The van der Waals surface area contributed by atoms with Gasteiger partial charge in [-0.2, -0.15) is 13.2 Å². The summed E-state index contributed by atoms with van der Waals surface area (Å²) in [5.74, 6) is -0.608. The molecule has 3 aromatic rings. The normalized spacial score (nSPS) is 12.0. The van der Waals surface area contributed by atoms with E-state index in [9.17, 15) is 26.4 Å².